The van der Waals surface area contributed by atoms with Crippen LogP contribution in [0.2, 0.25) is 0 Å². The van der Waals surface area contributed by atoms with Crippen LogP contribution in [0.15, 0.2) is 0 Å². The molecule has 9 nitrogen and oxygen atoms in total. The van der Waals surface area contributed by atoms with Crippen molar-refractivity contribution in [1.29, 1.82) is 0 Å². The number of carbonyl (C=O) groups is 3. The highest BCUT2D eigenvalue weighted by molar-refractivity contribution is 7.91. The molecule has 0 aromatic heterocycles. The Morgan fingerprint density at radius 3 is 2.38 bits per heavy atom. The number of nitrogens with zero attached hydrogens (tertiary/aromatic N) is 1. The van der Waals surface area contributed by atoms with Crippen molar-refractivity contribution in [3.63, 3.8) is 0 Å². The van der Waals surface area contributed by atoms with E-state index >= 15 is 0 Å². The molecule has 10 heteroatoms. The van der Waals surface area contributed by atoms with Crippen LogP contribution in [-0.2, 0) is 19.4 Å². The van der Waals surface area contributed by atoms with E-state index in [0.717, 1.165) is 4.90 Å². The summed E-state index contributed by atoms with van der Waals surface area (Å²) in [5, 5.41) is 19.7. The van der Waals surface area contributed by atoms with Crippen molar-refractivity contribution in [3.05, 3.63) is 0 Å². The predicted octanol–water partition coefficient (Wildman–Crippen LogP) is -0.867. The Hall–Kier alpha value is -1.84. The Morgan fingerprint density at radius 1 is 1.33 bits per heavy atom. The van der Waals surface area contributed by atoms with Gasteiger partial charge in [-0.3, -0.25) is 4.79 Å². The number of hydrogen-bond acceptors (Lipinski definition) is 5. The van der Waals surface area contributed by atoms with Crippen molar-refractivity contribution >= 4 is 27.8 Å². The Balaban J connectivity index is 2.60. The average Bonchev–Trinajstić information content (AvgIpc) is 2.73. The number of carboxylic acids is 2. The molecule has 0 bridgehead atoms. The van der Waals surface area contributed by atoms with Crippen LogP contribution in [-0.4, -0.2) is 72.1 Å². The van der Waals surface area contributed by atoms with E-state index in [1.54, 1.807) is 0 Å². The molecule has 1 aliphatic heterocycles. The zero-order valence-corrected chi connectivity index (χ0v) is 12.3. The fourth-order valence-corrected chi connectivity index (χ4v) is 3.80. The van der Waals surface area contributed by atoms with E-state index in [4.69, 9.17) is 10.2 Å². The lowest BCUT2D eigenvalue weighted by Crippen LogP contribution is -2.50. The van der Waals surface area contributed by atoms with Gasteiger partial charge in [-0.05, 0) is 12.8 Å². The van der Waals surface area contributed by atoms with E-state index in [0.29, 0.717) is 6.42 Å². The molecular formula is C11H18N2O7S. The second kappa shape index (κ2) is 6.74. The third-order valence-electron chi connectivity index (χ3n) is 3.32. The van der Waals surface area contributed by atoms with Crippen LogP contribution in [0.25, 0.3) is 0 Å². The van der Waals surface area contributed by atoms with Gasteiger partial charge in [-0.25, -0.2) is 18.0 Å². The highest BCUT2D eigenvalue weighted by atomic mass is 32.2. The molecule has 2 amide bonds. The van der Waals surface area contributed by atoms with E-state index in [2.05, 4.69) is 5.32 Å². The second-order valence-corrected chi connectivity index (χ2v) is 7.17. The summed E-state index contributed by atoms with van der Waals surface area (Å²) in [6.07, 6.45) is -0.328. The first-order valence-corrected chi connectivity index (χ1v) is 8.13. The largest absolute Gasteiger partial charge is 0.481 e. The summed E-state index contributed by atoms with van der Waals surface area (Å²) < 4.78 is 22.7. The standard InChI is InChI=1S/C11H18N2O7S/c1-13(7-4-5-21(19,20)6-7)11(18)12-8(10(16)17)2-3-9(14)15/h7-8H,2-6H2,1H3,(H,12,18)(H,14,15)(H,16,17)/t7?,8-/m0/s1. The topological polar surface area (TPSA) is 141 Å². The van der Waals surface area contributed by atoms with Crippen LogP contribution < -0.4 is 5.32 Å². The zero-order valence-electron chi connectivity index (χ0n) is 11.5. The second-order valence-electron chi connectivity index (χ2n) is 4.94. The molecule has 1 aliphatic rings. The Kier molecular flexibility index (Phi) is 5.53. The minimum atomic E-state index is -3.16. The maximum absolute atomic E-state index is 11.9. The molecule has 2 atom stereocenters. The Labute approximate surface area is 121 Å². The number of hydrogen-bond donors (Lipinski definition) is 3. The maximum atomic E-state index is 11.9. The number of rotatable bonds is 6. The van der Waals surface area contributed by atoms with Gasteiger partial charge in [0.05, 0.1) is 11.5 Å². The number of carbonyl (C=O) groups excluding carboxylic acids is 1. The molecule has 1 fully saturated rings. The summed E-state index contributed by atoms with van der Waals surface area (Å²) >= 11 is 0. The molecule has 1 unspecified atom stereocenters. The first-order valence-electron chi connectivity index (χ1n) is 6.30. The molecule has 0 spiro atoms. The quantitative estimate of drug-likeness (QED) is 0.577. The number of carboxylic acid groups (broad SMARTS) is 2. The highest BCUT2D eigenvalue weighted by Gasteiger charge is 2.33. The monoisotopic (exact) mass is 322 g/mol. The van der Waals surface area contributed by atoms with Gasteiger partial charge < -0.3 is 20.4 Å². The molecular weight excluding hydrogens is 304 g/mol. The summed E-state index contributed by atoms with van der Waals surface area (Å²) in [4.78, 5) is 34.5. The summed E-state index contributed by atoms with van der Waals surface area (Å²) in [5.41, 5.74) is 0. The van der Waals surface area contributed by atoms with E-state index in [1.807, 2.05) is 0 Å². The van der Waals surface area contributed by atoms with Crippen molar-refractivity contribution in [2.24, 2.45) is 0 Å². The van der Waals surface area contributed by atoms with Crippen molar-refractivity contribution in [2.75, 3.05) is 18.6 Å². The maximum Gasteiger partial charge on any atom is 0.326 e. The normalized spacial score (nSPS) is 21.5. The van der Waals surface area contributed by atoms with Gasteiger partial charge in [-0.2, -0.15) is 0 Å². The van der Waals surface area contributed by atoms with E-state index in [9.17, 15) is 22.8 Å². The number of amides is 2. The van der Waals surface area contributed by atoms with Crippen LogP contribution in [0.5, 0.6) is 0 Å². The molecule has 21 heavy (non-hydrogen) atoms. The first-order chi connectivity index (χ1) is 9.62. The van der Waals surface area contributed by atoms with Gasteiger partial charge in [0.15, 0.2) is 9.84 Å². The number of aliphatic carboxylic acids is 2. The minimum absolute atomic E-state index is 0.00331. The van der Waals surface area contributed by atoms with Crippen LogP contribution >= 0.6 is 0 Å². The van der Waals surface area contributed by atoms with Crippen molar-refractivity contribution < 1.29 is 33.0 Å². The molecule has 1 saturated heterocycles. The molecule has 1 rings (SSSR count). The molecule has 0 radical (unpaired) electrons. The fourth-order valence-electron chi connectivity index (χ4n) is 2.02. The molecule has 0 aromatic rings. The molecule has 0 saturated carbocycles. The lowest BCUT2D eigenvalue weighted by molar-refractivity contribution is -0.140. The van der Waals surface area contributed by atoms with Gasteiger partial charge in [-0.1, -0.05) is 0 Å². The van der Waals surface area contributed by atoms with Crippen molar-refractivity contribution in [1.82, 2.24) is 10.2 Å². The third-order valence-corrected chi connectivity index (χ3v) is 5.07. The highest BCUT2D eigenvalue weighted by Crippen LogP contribution is 2.16. The molecule has 120 valence electrons. The van der Waals surface area contributed by atoms with Crippen molar-refractivity contribution in [3.8, 4) is 0 Å². The fraction of sp³-hybridized carbons (Fsp3) is 0.727. The van der Waals surface area contributed by atoms with Gasteiger partial charge in [-0.15, -0.1) is 0 Å². The zero-order chi connectivity index (χ0) is 16.2. The van der Waals surface area contributed by atoms with E-state index in [-0.39, 0.29) is 17.9 Å². The number of nitrogens with one attached hydrogen (secondary N) is 1. The smallest absolute Gasteiger partial charge is 0.326 e. The summed E-state index contributed by atoms with van der Waals surface area (Å²) in [7, 11) is -1.77. The Morgan fingerprint density at radius 2 is 1.95 bits per heavy atom. The number of sulfone groups is 1. The van der Waals surface area contributed by atoms with E-state index < -0.39 is 46.3 Å². The van der Waals surface area contributed by atoms with E-state index in [1.165, 1.54) is 7.05 Å². The van der Waals surface area contributed by atoms with Crippen LogP contribution in [0.4, 0.5) is 4.79 Å². The summed E-state index contributed by atoms with van der Waals surface area (Å²) in [5.74, 6) is -2.65. The lowest BCUT2D eigenvalue weighted by Gasteiger charge is -2.25. The van der Waals surface area contributed by atoms with Gasteiger partial charge in [0.1, 0.15) is 6.04 Å². The molecule has 0 aromatic carbocycles. The lowest BCUT2D eigenvalue weighted by atomic mass is 10.1. The first kappa shape index (κ1) is 17.2. The SMILES string of the molecule is CN(C(=O)N[C@@H](CCC(=O)O)C(=O)O)C1CCS(=O)(=O)C1. The van der Waals surface area contributed by atoms with Crippen LogP contribution in [0.3, 0.4) is 0 Å². The van der Waals surface area contributed by atoms with Gasteiger partial charge in [0.25, 0.3) is 0 Å². The molecule has 3 N–H and O–H groups in total. The summed E-state index contributed by atoms with van der Waals surface area (Å²) in [6, 6.07) is -2.55. The number of urea groups is 1. The van der Waals surface area contributed by atoms with Crippen molar-refractivity contribution in [2.45, 2.75) is 31.3 Å². The molecule has 1 heterocycles. The van der Waals surface area contributed by atoms with Gasteiger partial charge in [0, 0.05) is 19.5 Å². The van der Waals surface area contributed by atoms with Gasteiger partial charge >= 0.3 is 18.0 Å². The Bertz CT molecular complexity index is 531. The third kappa shape index (κ3) is 5.21. The van der Waals surface area contributed by atoms with Crippen LogP contribution in [0.1, 0.15) is 19.3 Å². The summed E-state index contributed by atoms with van der Waals surface area (Å²) in [6.45, 7) is 0. The minimum Gasteiger partial charge on any atom is -0.481 e. The molecule has 0 aliphatic carbocycles. The average molecular weight is 322 g/mol. The van der Waals surface area contributed by atoms with Gasteiger partial charge in [0.2, 0.25) is 0 Å². The van der Waals surface area contributed by atoms with Crippen LogP contribution in [0, 0.1) is 0 Å². The predicted molar refractivity (Wildman–Crippen MR) is 71.6 cm³/mol.